The lowest BCUT2D eigenvalue weighted by atomic mass is 10.0. The van der Waals surface area contributed by atoms with E-state index in [0.717, 1.165) is 5.56 Å². The van der Waals surface area contributed by atoms with Crippen LogP contribution in [0.1, 0.15) is 43.2 Å². The largest absolute Gasteiger partial charge is 0.508 e. The van der Waals surface area contributed by atoms with E-state index < -0.39 is 47.8 Å². The molecule has 2 rings (SSSR count). The third-order valence-electron chi connectivity index (χ3n) is 6.84. The number of nitrogens with one attached hydrogen (secondary N) is 3. The molecule has 0 aromatic heterocycles. The molecule has 2 aromatic rings. The number of phenols is 1. The van der Waals surface area contributed by atoms with Gasteiger partial charge in [0.1, 0.15) is 23.9 Å². The van der Waals surface area contributed by atoms with E-state index in [1.807, 2.05) is 30.3 Å². The van der Waals surface area contributed by atoms with E-state index in [1.54, 1.807) is 12.1 Å². The van der Waals surface area contributed by atoms with Crippen molar-refractivity contribution in [3.05, 3.63) is 65.7 Å². The second kappa shape index (κ2) is 18.8. The molecule has 0 bridgehead atoms. The lowest BCUT2D eigenvalue weighted by molar-refractivity contribution is -0.133. The van der Waals surface area contributed by atoms with Gasteiger partial charge >= 0.3 is 0 Å². The Balaban J connectivity index is 2.24. The summed E-state index contributed by atoms with van der Waals surface area (Å²) in [5, 5.41) is 17.6. The molecule has 0 saturated heterocycles. The van der Waals surface area contributed by atoms with Crippen molar-refractivity contribution in [2.75, 3.05) is 13.1 Å². The van der Waals surface area contributed by atoms with Gasteiger partial charge in [-0.2, -0.15) is 0 Å². The standard InChI is InChI=1S/C30H45N9O5/c31-15-5-4-9-22(32)27(42)39-25(18-19-7-2-1-3-8-19)29(44)37-23(10-6-16-36-30(34)35)28(43)38-24(26(33)41)17-20-11-13-21(40)14-12-20/h1-3,7-8,11-14,22-25,40H,4-6,9-10,15-18,31-32H2,(H2,33,41)(H,37,44)(H,38,43)(H,39,42)(H4,34,35,36)/t22-,23-,24-,25+/m0/s1. The number of aromatic hydroxyl groups is 1. The Morgan fingerprint density at radius 3 is 1.89 bits per heavy atom. The van der Waals surface area contributed by atoms with Gasteiger partial charge in [-0.05, 0) is 55.5 Å². The molecule has 14 nitrogen and oxygen atoms in total. The number of aliphatic imine (C=N–C) groups is 1. The summed E-state index contributed by atoms with van der Waals surface area (Å²) in [4.78, 5) is 56.1. The Morgan fingerprint density at radius 1 is 0.705 bits per heavy atom. The first kappa shape index (κ1) is 35.5. The van der Waals surface area contributed by atoms with Gasteiger partial charge in [-0.25, -0.2) is 0 Å². The molecule has 0 fully saturated rings. The van der Waals surface area contributed by atoms with Crippen LogP contribution in [0.4, 0.5) is 0 Å². The number of rotatable bonds is 19. The van der Waals surface area contributed by atoms with E-state index in [9.17, 15) is 24.3 Å². The first-order valence-corrected chi connectivity index (χ1v) is 14.5. The second-order valence-electron chi connectivity index (χ2n) is 10.5. The number of carbonyl (C=O) groups is 4. The molecule has 4 atom stereocenters. The highest BCUT2D eigenvalue weighted by Crippen LogP contribution is 2.12. The zero-order valence-corrected chi connectivity index (χ0v) is 24.8. The van der Waals surface area contributed by atoms with Gasteiger partial charge in [0.05, 0.1) is 6.04 Å². The summed E-state index contributed by atoms with van der Waals surface area (Å²) in [7, 11) is 0. The van der Waals surface area contributed by atoms with Crippen LogP contribution in [0.5, 0.6) is 5.75 Å². The topological polar surface area (TPSA) is 267 Å². The highest BCUT2D eigenvalue weighted by molar-refractivity contribution is 5.94. The smallest absolute Gasteiger partial charge is 0.243 e. The van der Waals surface area contributed by atoms with E-state index in [1.165, 1.54) is 12.1 Å². The maximum absolute atomic E-state index is 13.6. The molecule has 240 valence electrons. The normalized spacial score (nSPS) is 13.5. The number of hydrogen-bond donors (Lipinski definition) is 9. The van der Waals surface area contributed by atoms with Crippen molar-refractivity contribution in [2.24, 2.45) is 33.7 Å². The van der Waals surface area contributed by atoms with Crippen LogP contribution in [-0.2, 0) is 32.0 Å². The second-order valence-corrected chi connectivity index (χ2v) is 10.5. The number of primary amides is 1. The van der Waals surface area contributed by atoms with Gasteiger partial charge in [-0.3, -0.25) is 24.2 Å². The van der Waals surface area contributed by atoms with Gasteiger partial charge in [0.15, 0.2) is 5.96 Å². The summed E-state index contributed by atoms with van der Waals surface area (Å²) >= 11 is 0. The first-order valence-electron chi connectivity index (χ1n) is 14.5. The number of carbonyl (C=O) groups excluding carboxylic acids is 4. The van der Waals surface area contributed by atoms with Gasteiger partial charge in [0.25, 0.3) is 0 Å². The third kappa shape index (κ3) is 13.1. The predicted molar refractivity (Wildman–Crippen MR) is 168 cm³/mol. The number of nitrogens with two attached hydrogens (primary N) is 5. The summed E-state index contributed by atoms with van der Waals surface area (Å²) in [6.45, 7) is 0.669. The number of amides is 4. The molecular weight excluding hydrogens is 566 g/mol. The number of hydrogen-bond acceptors (Lipinski definition) is 8. The fraction of sp³-hybridized carbons (Fsp3) is 0.433. The Morgan fingerprint density at radius 2 is 1.27 bits per heavy atom. The SMILES string of the molecule is NCCCC[C@H](N)C(=O)N[C@H](Cc1ccccc1)C(=O)N[C@@H](CCCN=C(N)N)C(=O)N[C@@H](Cc1ccc(O)cc1)C(N)=O. The van der Waals surface area contributed by atoms with Crippen LogP contribution in [0.25, 0.3) is 0 Å². The number of nitrogens with zero attached hydrogens (tertiary/aromatic N) is 1. The molecule has 2 aromatic carbocycles. The van der Waals surface area contributed by atoms with Crippen molar-refractivity contribution in [1.29, 1.82) is 0 Å². The molecule has 0 unspecified atom stereocenters. The summed E-state index contributed by atoms with van der Waals surface area (Å²) in [5.74, 6) is -2.64. The molecule has 0 heterocycles. The monoisotopic (exact) mass is 611 g/mol. The minimum atomic E-state index is -1.12. The minimum Gasteiger partial charge on any atom is -0.508 e. The van der Waals surface area contributed by atoms with Crippen molar-refractivity contribution in [1.82, 2.24) is 16.0 Å². The number of benzene rings is 2. The van der Waals surface area contributed by atoms with Crippen LogP contribution < -0.4 is 44.6 Å². The van der Waals surface area contributed by atoms with Crippen LogP contribution in [0.15, 0.2) is 59.6 Å². The van der Waals surface area contributed by atoms with Crippen LogP contribution in [0.2, 0.25) is 0 Å². The van der Waals surface area contributed by atoms with Gasteiger partial charge in [-0.15, -0.1) is 0 Å². The molecule has 0 aliphatic heterocycles. The Bertz CT molecular complexity index is 1240. The fourth-order valence-corrected chi connectivity index (χ4v) is 4.39. The average Bonchev–Trinajstić information content (AvgIpc) is 2.99. The minimum absolute atomic E-state index is 0.0469. The van der Waals surface area contributed by atoms with Crippen LogP contribution in [0, 0.1) is 0 Å². The Kier molecular flexibility index (Phi) is 15.1. The number of phenolic OH excluding ortho intramolecular Hbond substituents is 1. The van der Waals surface area contributed by atoms with Crippen LogP contribution >= 0.6 is 0 Å². The lowest BCUT2D eigenvalue weighted by Crippen LogP contribution is -2.58. The molecule has 0 saturated carbocycles. The van der Waals surface area contributed by atoms with E-state index in [0.29, 0.717) is 37.8 Å². The Labute approximate surface area is 257 Å². The van der Waals surface area contributed by atoms with E-state index in [4.69, 9.17) is 28.7 Å². The van der Waals surface area contributed by atoms with E-state index in [-0.39, 0.29) is 37.5 Å². The first-order chi connectivity index (χ1) is 21.0. The maximum Gasteiger partial charge on any atom is 0.243 e. The molecule has 44 heavy (non-hydrogen) atoms. The van der Waals surface area contributed by atoms with Gasteiger partial charge < -0.3 is 49.7 Å². The van der Waals surface area contributed by atoms with Crippen molar-refractivity contribution < 1.29 is 24.3 Å². The Hall–Kier alpha value is -4.69. The summed E-state index contributed by atoms with van der Waals surface area (Å²) in [6.07, 6.45) is 2.40. The molecule has 4 amide bonds. The van der Waals surface area contributed by atoms with Crippen LogP contribution in [-0.4, -0.2) is 72.0 Å². The fourth-order valence-electron chi connectivity index (χ4n) is 4.39. The average molecular weight is 612 g/mol. The predicted octanol–water partition coefficient (Wildman–Crippen LogP) is -1.37. The summed E-state index contributed by atoms with van der Waals surface area (Å²) in [5.41, 5.74) is 29.4. The molecule has 14 N–H and O–H groups in total. The van der Waals surface area contributed by atoms with Gasteiger partial charge in [-0.1, -0.05) is 48.9 Å². The van der Waals surface area contributed by atoms with Crippen molar-refractivity contribution >= 4 is 29.6 Å². The number of unbranched alkanes of at least 4 members (excludes halogenated alkanes) is 1. The lowest BCUT2D eigenvalue weighted by Gasteiger charge is -2.25. The molecule has 14 heteroatoms. The molecule has 0 aliphatic carbocycles. The summed E-state index contributed by atoms with van der Waals surface area (Å²) < 4.78 is 0. The molecule has 0 aliphatic rings. The van der Waals surface area contributed by atoms with E-state index >= 15 is 0 Å². The van der Waals surface area contributed by atoms with Gasteiger partial charge in [0, 0.05) is 19.4 Å². The summed E-state index contributed by atoms with van der Waals surface area (Å²) in [6, 6.07) is 11.1. The van der Waals surface area contributed by atoms with Gasteiger partial charge in [0.2, 0.25) is 23.6 Å². The zero-order valence-electron chi connectivity index (χ0n) is 24.8. The highest BCUT2D eigenvalue weighted by Gasteiger charge is 2.30. The van der Waals surface area contributed by atoms with Crippen molar-refractivity contribution in [2.45, 2.75) is 69.1 Å². The van der Waals surface area contributed by atoms with Crippen molar-refractivity contribution in [3.63, 3.8) is 0 Å². The highest BCUT2D eigenvalue weighted by atomic mass is 16.3. The zero-order chi connectivity index (χ0) is 32.5. The molecule has 0 spiro atoms. The molecular formula is C30H45N9O5. The van der Waals surface area contributed by atoms with Crippen LogP contribution in [0.3, 0.4) is 0 Å². The third-order valence-corrected chi connectivity index (χ3v) is 6.84. The quantitative estimate of drug-likeness (QED) is 0.0514. The maximum atomic E-state index is 13.6. The molecule has 0 radical (unpaired) electrons. The number of guanidine groups is 1. The van der Waals surface area contributed by atoms with E-state index in [2.05, 4.69) is 20.9 Å². The van der Waals surface area contributed by atoms with Crippen molar-refractivity contribution in [3.8, 4) is 5.75 Å².